The lowest BCUT2D eigenvalue weighted by atomic mass is 10.2. The van der Waals surface area contributed by atoms with Crippen molar-refractivity contribution in [2.24, 2.45) is 0 Å². The third-order valence-corrected chi connectivity index (χ3v) is 3.24. The molecule has 0 radical (unpaired) electrons. The smallest absolute Gasteiger partial charge is 0.158 e. The van der Waals surface area contributed by atoms with Gasteiger partial charge in [0, 0.05) is 32.3 Å². The van der Waals surface area contributed by atoms with E-state index in [-0.39, 0.29) is 0 Å². The lowest BCUT2D eigenvalue weighted by Crippen LogP contribution is -2.27. The lowest BCUT2D eigenvalue weighted by molar-refractivity contribution is 0.178. The Morgan fingerprint density at radius 2 is 2.33 bits per heavy atom. The van der Waals surface area contributed by atoms with Crippen LogP contribution in [0.1, 0.15) is 32.5 Å². The molecule has 1 saturated heterocycles. The number of anilines is 2. The molecule has 2 heterocycles. The van der Waals surface area contributed by atoms with Gasteiger partial charge in [-0.05, 0) is 26.7 Å². The molecular formula is C13H22N4O. The predicted octanol–water partition coefficient (Wildman–Crippen LogP) is 2.04. The second-order valence-corrected chi connectivity index (χ2v) is 4.68. The molecule has 1 aliphatic rings. The zero-order valence-corrected chi connectivity index (χ0v) is 11.4. The quantitative estimate of drug-likeness (QED) is 0.866. The molecule has 0 bridgehead atoms. The predicted molar refractivity (Wildman–Crippen MR) is 73.0 cm³/mol. The van der Waals surface area contributed by atoms with E-state index in [1.165, 1.54) is 12.8 Å². The minimum atomic E-state index is 0.453. The van der Waals surface area contributed by atoms with E-state index in [4.69, 9.17) is 4.74 Å². The Hall–Kier alpha value is -1.36. The van der Waals surface area contributed by atoms with Crippen molar-refractivity contribution in [2.75, 3.05) is 30.4 Å². The van der Waals surface area contributed by atoms with Crippen LogP contribution in [0.3, 0.4) is 0 Å². The highest BCUT2D eigenvalue weighted by Crippen LogP contribution is 2.25. The first-order valence-electron chi connectivity index (χ1n) is 6.62. The number of nitrogens with one attached hydrogen (secondary N) is 1. The fourth-order valence-corrected chi connectivity index (χ4v) is 2.37. The summed E-state index contributed by atoms with van der Waals surface area (Å²) >= 11 is 0. The topological polar surface area (TPSA) is 50.3 Å². The standard InChI is InChI=1S/C13H22N4O/c1-4-14-11-8-13(16-12(15-11)9-18-3)17-7-5-6-10(17)2/h8,10H,4-7,9H2,1-3H3,(H,14,15,16). The zero-order chi connectivity index (χ0) is 13.0. The normalized spacial score (nSPS) is 19.3. The van der Waals surface area contributed by atoms with Gasteiger partial charge in [-0.3, -0.25) is 0 Å². The maximum Gasteiger partial charge on any atom is 0.158 e. The van der Waals surface area contributed by atoms with Crippen LogP contribution in [-0.2, 0) is 11.3 Å². The molecule has 0 aromatic carbocycles. The Morgan fingerprint density at radius 1 is 1.50 bits per heavy atom. The SMILES string of the molecule is CCNc1cc(N2CCCC2C)nc(COC)n1. The van der Waals surface area contributed by atoms with Gasteiger partial charge in [-0.1, -0.05) is 0 Å². The van der Waals surface area contributed by atoms with Crippen molar-refractivity contribution in [3.05, 3.63) is 11.9 Å². The minimum absolute atomic E-state index is 0.453. The van der Waals surface area contributed by atoms with Crippen molar-refractivity contribution >= 4 is 11.6 Å². The van der Waals surface area contributed by atoms with Gasteiger partial charge in [0.2, 0.25) is 0 Å². The second kappa shape index (κ2) is 6.00. The van der Waals surface area contributed by atoms with Gasteiger partial charge in [0.25, 0.3) is 0 Å². The molecule has 1 unspecified atom stereocenters. The summed E-state index contributed by atoms with van der Waals surface area (Å²) in [5, 5.41) is 3.25. The molecule has 0 saturated carbocycles. The summed E-state index contributed by atoms with van der Waals surface area (Å²) < 4.78 is 5.13. The second-order valence-electron chi connectivity index (χ2n) is 4.68. The van der Waals surface area contributed by atoms with Gasteiger partial charge in [-0.2, -0.15) is 0 Å². The third-order valence-electron chi connectivity index (χ3n) is 3.24. The van der Waals surface area contributed by atoms with Gasteiger partial charge in [0.05, 0.1) is 0 Å². The fourth-order valence-electron chi connectivity index (χ4n) is 2.37. The Labute approximate surface area is 109 Å². The van der Waals surface area contributed by atoms with Gasteiger partial charge < -0.3 is 15.0 Å². The van der Waals surface area contributed by atoms with E-state index >= 15 is 0 Å². The van der Waals surface area contributed by atoms with E-state index in [1.54, 1.807) is 7.11 Å². The molecular weight excluding hydrogens is 228 g/mol. The summed E-state index contributed by atoms with van der Waals surface area (Å²) in [5.41, 5.74) is 0. The molecule has 18 heavy (non-hydrogen) atoms. The summed E-state index contributed by atoms with van der Waals surface area (Å²) in [6.07, 6.45) is 2.47. The maximum atomic E-state index is 5.13. The third kappa shape index (κ3) is 2.90. The van der Waals surface area contributed by atoms with Crippen LogP contribution in [0.2, 0.25) is 0 Å². The van der Waals surface area contributed by atoms with Gasteiger partial charge in [0.15, 0.2) is 5.82 Å². The molecule has 1 fully saturated rings. The maximum absolute atomic E-state index is 5.13. The highest BCUT2D eigenvalue weighted by molar-refractivity contribution is 5.50. The largest absolute Gasteiger partial charge is 0.377 e. The molecule has 1 aromatic heterocycles. The average Bonchev–Trinajstić information content (AvgIpc) is 2.76. The Morgan fingerprint density at radius 3 is 2.94 bits per heavy atom. The number of methoxy groups -OCH3 is 1. The van der Waals surface area contributed by atoms with E-state index in [2.05, 4.69) is 34.0 Å². The van der Waals surface area contributed by atoms with Crippen molar-refractivity contribution in [2.45, 2.75) is 39.3 Å². The molecule has 1 N–H and O–H groups in total. The molecule has 1 atom stereocenters. The van der Waals surface area contributed by atoms with Crippen LogP contribution >= 0.6 is 0 Å². The summed E-state index contributed by atoms with van der Waals surface area (Å²) in [6.45, 7) is 6.71. The minimum Gasteiger partial charge on any atom is -0.377 e. The molecule has 0 spiro atoms. The Kier molecular flexibility index (Phi) is 4.36. The lowest BCUT2D eigenvalue weighted by Gasteiger charge is -2.23. The first-order valence-corrected chi connectivity index (χ1v) is 6.62. The highest BCUT2D eigenvalue weighted by atomic mass is 16.5. The summed E-state index contributed by atoms with van der Waals surface area (Å²) in [5.74, 6) is 2.64. The van der Waals surface area contributed by atoms with E-state index < -0.39 is 0 Å². The van der Waals surface area contributed by atoms with Crippen molar-refractivity contribution in [3.63, 3.8) is 0 Å². The van der Waals surface area contributed by atoms with E-state index in [0.717, 1.165) is 30.5 Å². The summed E-state index contributed by atoms with van der Waals surface area (Å²) in [6, 6.07) is 2.59. The number of hydrogen-bond acceptors (Lipinski definition) is 5. The molecule has 1 aromatic rings. The molecule has 2 rings (SSSR count). The summed E-state index contributed by atoms with van der Waals surface area (Å²) in [4.78, 5) is 11.4. The first kappa shape index (κ1) is 13.1. The molecule has 100 valence electrons. The average molecular weight is 250 g/mol. The van der Waals surface area contributed by atoms with Crippen LogP contribution in [0.5, 0.6) is 0 Å². The van der Waals surface area contributed by atoms with E-state index in [0.29, 0.717) is 12.6 Å². The first-order chi connectivity index (χ1) is 8.74. The Bertz CT molecular complexity index is 372. The number of hydrogen-bond donors (Lipinski definition) is 1. The van der Waals surface area contributed by atoms with Gasteiger partial charge in [0.1, 0.15) is 18.2 Å². The summed E-state index contributed by atoms with van der Waals surface area (Å²) in [7, 11) is 1.67. The van der Waals surface area contributed by atoms with Crippen molar-refractivity contribution in [1.82, 2.24) is 9.97 Å². The van der Waals surface area contributed by atoms with E-state index in [9.17, 15) is 0 Å². The van der Waals surface area contributed by atoms with Crippen LogP contribution in [0.4, 0.5) is 11.6 Å². The number of aromatic nitrogens is 2. The van der Waals surface area contributed by atoms with Crippen LogP contribution in [0.15, 0.2) is 6.07 Å². The number of ether oxygens (including phenoxy) is 1. The Balaban J connectivity index is 2.27. The van der Waals surface area contributed by atoms with Gasteiger partial charge in [-0.25, -0.2) is 9.97 Å². The number of nitrogens with zero attached hydrogens (tertiary/aromatic N) is 3. The fraction of sp³-hybridized carbons (Fsp3) is 0.692. The van der Waals surface area contributed by atoms with Crippen LogP contribution < -0.4 is 10.2 Å². The molecule has 1 aliphatic heterocycles. The van der Waals surface area contributed by atoms with Crippen molar-refractivity contribution in [3.8, 4) is 0 Å². The highest BCUT2D eigenvalue weighted by Gasteiger charge is 2.22. The van der Waals surface area contributed by atoms with Gasteiger partial charge >= 0.3 is 0 Å². The van der Waals surface area contributed by atoms with Crippen LogP contribution in [-0.4, -0.2) is 36.2 Å². The van der Waals surface area contributed by atoms with Crippen molar-refractivity contribution < 1.29 is 4.74 Å². The van der Waals surface area contributed by atoms with Crippen LogP contribution in [0, 0.1) is 0 Å². The molecule has 0 amide bonds. The van der Waals surface area contributed by atoms with Crippen LogP contribution in [0.25, 0.3) is 0 Å². The molecule has 0 aliphatic carbocycles. The van der Waals surface area contributed by atoms with E-state index in [1.807, 2.05) is 6.07 Å². The molecule has 5 heteroatoms. The molecule has 5 nitrogen and oxygen atoms in total. The van der Waals surface area contributed by atoms with Crippen molar-refractivity contribution in [1.29, 1.82) is 0 Å². The van der Waals surface area contributed by atoms with Gasteiger partial charge in [-0.15, -0.1) is 0 Å². The monoisotopic (exact) mass is 250 g/mol. The zero-order valence-electron chi connectivity index (χ0n) is 11.4. The number of rotatable bonds is 5.